The van der Waals surface area contributed by atoms with Crippen LogP contribution in [0.3, 0.4) is 0 Å². The Labute approximate surface area is 168 Å². The highest BCUT2D eigenvalue weighted by Crippen LogP contribution is 2.17. The van der Waals surface area contributed by atoms with E-state index in [0.717, 1.165) is 10.4 Å². The van der Waals surface area contributed by atoms with Crippen LogP contribution in [-0.4, -0.2) is 21.4 Å². The SMILES string of the molecule is CNS(=O)(=O)c1ccc(CNC(=O)c2cccc(OCc3cccs3)c2)cc1. The molecule has 1 amide bonds. The van der Waals surface area contributed by atoms with E-state index in [4.69, 9.17) is 4.74 Å². The molecule has 0 atom stereocenters. The first-order valence-electron chi connectivity index (χ1n) is 8.54. The van der Waals surface area contributed by atoms with Gasteiger partial charge in [0.25, 0.3) is 5.91 Å². The fourth-order valence-corrected chi connectivity index (χ4v) is 3.81. The number of thiophene rings is 1. The van der Waals surface area contributed by atoms with E-state index >= 15 is 0 Å². The summed E-state index contributed by atoms with van der Waals surface area (Å²) in [5.41, 5.74) is 1.30. The van der Waals surface area contributed by atoms with Crippen molar-refractivity contribution in [3.63, 3.8) is 0 Å². The van der Waals surface area contributed by atoms with Crippen molar-refractivity contribution in [3.8, 4) is 5.75 Å². The third kappa shape index (κ3) is 5.19. The van der Waals surface area contributed by atoms with Gasteiger partial charge in [-0.25, -0.2) is 13.1 Å². The first-order chi connectivity index (χ1) is 13.5. The van der Waals surface area contributed by atoms with Gasteiger partial charge < -0.3 is 10.1 Å². The minimum atomic E-state index is -3.47. The predicted molar refractivity (Wildman–Crippen MR) is 109 cm³/mol. The van der Waals surface area contributed by atoms with Gasteiger partial charge in [0.1, 0.15) is 12.4 Å². The molecular weight excluding hydrogens is 396 g/mol. The van der Waals surface area contributed by atoms with E-state index in [1.165, 1.54) is 19.2 Å². The van der Waals surface area contributed by atoms with Crippen molar-refractivity contribution in [1.29, 1.82) is 0 Å². The molecule has 0 unspecified atom stereocenters. The average molecular weight is 417 g/mol. The molecule has 146 valence electrons. The van der Waals surface area contributed by atoms with E-state index in [2.05, 4.69) is 10.0 Å². The van der Waals surface area contributed by atoms with Crippen LogP contribution in [-0.2, 0) is 23.2 Å². The lowest BCUT2D eigenvalue weighted by atomic mass is 10.2. The third-order valence-corrected chi connectivity index (χ3v) is 6.29. The number of carbonyl (C=O) groups excluding carboxylic acids is 1. The fourth-order valence-electron chi connectivity index (χ4n) is 2.47. The molecule has 0 radical (unpaired) electrons. The van der Waals surface area contributed by atoms with Gasteiger partial charge in [-0.05, 0) is 54.4 Å². The Morgan fingerprint density at radius 2 is 1.86 bits per heavy atom. The summed E-state index contributed by atoms with van der Waals surface area (Å²) in [6, 6.07) is 17.3. The van der Waals surface area contributed by atoms with E-state index in [1.54, 1.807) is 41.7 Å². The van der Waals surface area contributed by atoms with Gasteiger partial charge in [0.05, 0.1) is 4.90 Å². The normalized spacial score (nSPS) is 11.2. The molecule has 2 aromatic carbocycles. The van der Waals surface area contributed by atoms with Crippen LogP contribution >= 0.6 is 11.3 Å². The molecule has 8 heteroatoms. The smallest absolute Gasteiger partial charge is 0.251 e. The Kier molecular flexibility index (Phi) is 6.45. The molecule has 0 spiro atoms. The first-order valence-corrected chi connectivity index (χ1v) is 10.9. The summed E-state index contributed by atoms with van der Waals surface area (Å²) in [5.74, 6) is 0.399. The third-order valence-electron chi connectivity index (χ3n) is 4.01. The summed E-state index contributed by atoms with van der Waals surface area (Å²) in [4.78, 5) is 13.7. The number of hydrogen-bond acceptors (Lipinski definition) is 5. The van der Waals surface area contributed by atoms with E-state index in [-0.39, 0.29) is 10.8 Å². The lowest BCUT2D eigenvalue weighted by Gasteiger charge is -2.09. The van der Waals surface area contributed by atoms with Crippen LogP contribution in [0.1, 0.15) is 20.8 Å². The summed E-state index contributed by atoms with van der Waals surface area (Å²) in [6.07, 6.45) is 0. The molecule has 6 nitrogen and oxygen atoms in total. The number of sulfonamides is 1. The van der Waals surface area contributed by atoms with Crippen LogP contribution in [0.5, 0.6) is 5.75 Å². The maximum Gasteiger partial charge on any atom is 0.251 e. The first kappa shape index (κ1) is 20.1. The number of ether oxygens (including phenoxy) is 1. The topological polar surface area (TPSA) is 84.5 Å². The molecule has 2 N–H and O–H groups in total. The number of benzene rings is 2. The maximum absolute atomic E-state index is 12.4. The molecule has 0 saturated heterocycles. The van der Waals surface area contributed by atoms with E-state index < -0.39 is 10.0 Å². The second-order valence-corrected chi connectivity index (χ2v) is 8.85. The Bertz CT molecular complexity index is 1030. The second kappa shape index (κ2) is 9.01. The van der Waals surface area contributed by atoms with Gasteiger partial charge in [-0.2, -0.15) is 0 Å². The zero-order chi connectivity index (χ0) is 20.0. The molecule has 3 aromatic rings. The number of rotatable bonds is 8. The lowest BCUT2D eigenvalue weighted by molar-refractivity contribution is 0.0950. The summed E-state index contributed by atoms with van der Waals surface area (Å²) >= 11 is 1.62. The van der Waals surface area contributed by atoms with Gasteiger partial charge in [0, 0.05) is 17.0 Å². The Hall–Kier alpha value is -2.68. The van der Waals surface area contributed by atoms with Crippen LogP contribution in [0.2, 0.25) is 0 Å². The molecule has 1 aromatic heterocycles. The monoisotopic (exact) mass is 416 g/mol. The highest BCUT2D eigenvalue weighted by Gasteiger charge is 2.11. The van der Waals surface area contributed by atoms with Gasteiger partial charge in [0.15, 0.2) is 0 Å². The lowest BCUT2D eigenvalue weighted by Crippen LogP contribution is -2.23. The molecule has 0 fully saturated rings. The van der Waals surface area contributed by atoms with Crippen LogP contribution in [0.15, 0.2) is 70.9 Å². The van der Waals surface area contributed by atoms with E-state index in [9.17, 15) is 13.2 Å². The molecular formula is C20H20N2O4S2. The highest BCUT2D eigenvalue weighted by molar-refractivity contribution is 7.89. The zero-order valence-electron chi connectivity index (χ0n) is 15.2. The molecule has 28 heavy (non-hydrogen) atoms. The van der Waals surface area contributed by atoms with Crippen molar-refractivity contribution >= 4 is 27.3 Å². The van der Waals surface area contributed by atoms with E-state index in [1.807, 2.05) is 23.6 Å². The molecule has 0 aliphatic heterocycles. The zero-order valence-corrected chi connectivity index (χ0v) is 16.8. The summed E-state index contributed by atoms with van der Waals surface area (Å²) in [5, 5.41) is 4.82. The van der Waals surface area contributed by atoms with Crippen molar-refractivity contribution in [2.24, 2.45) is 0 Å². The van der Waals surface area contributed by atoms with Gasteiger partial charge in [-0.15, -0.1) is 11.3 Å². The molecule has 0 aliphatic carbocycles. The van der Waals surface area contributed by atoms with Crippen LogP contribution in [0, 0.1) is 0 Å². The van der Waals surface area contributed by atoms with Crippen molar-refractivity contribution in [1.82, 2.24) is 10.0 Å². The number of hydrogen-bond donors (Lipinski definition) is 2. The van der Waals surface area contributed by atoms with E-state index in [0.29, 0.717) is 24.5 Å². The van der Waals surface area contributed by atoms with Crippen LogP contribution in [0.25, 0.3) is 0 Å². The highest BCUT2D eigenvalue weighted by atomic mass is 32.2. The van der Waals surface area contributed by atoms with Crippen LogP contribution in [0.4, 0.5) is 0 Å². The number of nitrogens with one attached hydrogen (secondary N) is 2. The molecule has 1 heterocycles. The van der Waals surface area contributed by atoms with Crippen LogP contribution < -0.4 is 14.8 Å². The van der Waals surface area contributed by atoms with Gasteiger partial charge in [0.2, 0.25) is 10.0 Å². The van der Waals surface area contributed by atoms with Gasteiger partial charge in [-0.1, -0.05) is 24.3 Å². The van der Waals surface area contributed by atoms with Gasteiger partial charge in [-0.3, -0.25) is 4.79 Å². The quantitative estimate of drug-likeness (QED) is 0.591. The Balaban J connectivity index is 1.58. The van der Waals surface area contributed by atoms with Crippen molar-refractivity contribution in [3.05, 3.63) is 82.0 Å². The molecule has 0 aliphatic rings. The molecule has 3 rings (SSSR count). The van der Waals surface area contributed by atoms with Crippen molar-refractivity contribution < 1.29 is 17.9 Å². The van der Waals surface area contributed by atoms with Gasteiger partial charge >= 0.3 is 0 Å². The Morgan fingerprint density at radius 3 is 2.54 bits per heavy atom. The summed E-state index contributed by atoms with van der Waals surface area (Å²) < 4.78 is 31.5. The number of amides is 1. The van der Waals surface area contributed by atoms with Crippen molar-refractivity contribution in [2.75, 3.05) is 7.05 Å². The summed E-state index contributed by atoms with van der Waals surface area (Å²) in [7, 11) is -2.10. The standard InChI is InChI=1S/C20H20N2O4S2/c1-21-28(24,25)19-9-7-15(8-10-19)13-22-20(23)16-4-2-5-17(12-16)26-14-18-6-3-11-27-18/h2-12,21H,13-14H2,1H3,(H,22,23). The molecule has 0 saturated carbocycles. The minimum Gasteiger partial charge on any atom is -0.488 e. The molecule has 0 bridgehead atoms. The fraction of sp³-hybridized carbons (Fsp3) is 0.150. The predicted octanol–water partition coefficient (Wildman–Crippen LogP) is 3.17. The Morgan fingerprint density at radius 1 is 1.07 bits per heavy atom. The minimum absolute atomic E-state index is 0.181. The summed E-state index contributed by atoms with van der Waals surface area (Å²) in [6.45, 7) is 0.754. The maximum atomic E-state index is 12.4. The number of carbonyl (C=O) groups is 1. The average Bonchev–Trinajstić information content (AvgIpc) is 3.25. The van der Waals surface area contributed by atoms with Crippen molar-refractivity contribution in [2.45, 2.75) is 18.0 Å². The largest absolute Gasteiger partial charge is 0.488 e. The second-order valence-electron chi connectivity index (χ2n) is 5.93.